The minimum Gasteiger partial charge on any atom is -0.387 e. The molecule has 1 heterocycles. The summed E-state index contributed by atoms with van der Waals surface area (Å²) in [6, 6.07) is 3.97. The highest BCUT2D eigenvalue weighted by molar-refractivity contribution is 5.44. The molecule has 0 aliphatic carbocycles. The van der Waals surface area contributed by atoms with E-state index < -0.39 is 6.10 Å². The summed E-state index contributed by atoms with van der Waals surface area (Å²) >= 11 is 0. The first-order chi connectivity index (χ1) is 8.40. The van der Waals surface area contributed by atoms with E-state index in [0.29, 0.717) is 11.8 Å². The molecule has 18 heavy (non-hydrogen) atoms. The summed E-state index contributed by atoms with van der Waals surface area (Å²) in [5.41, 5.74) is 1.87. The van der Waals surface area contributed by atoms with Gasteiger partial charge in [-0.2, -0.15) is 0 Å². The standard InChI is InChI=1S/C15H26N2O/c1-11(2)9-17(10-12(3)4)14-6-7-15(13(5)18)16-8-14/h6-8,11-13,18H,9-10H2,1-5H3. The van der Waals surface area contributed by atoms with E-state index in [9.17, 15) is 5.11 Å². The van der Waals surface area contributed by atoms with E-state index in [2.05, 4.69) is 43.6 Å². The van der Waals surface area contributed by atoms with E-state index in [-0.39, 0.29) is 0 Å². The topological polar surface area (TPSA) is 36.4 Å². The molecule has 0 spiro atoms. The average Bonchev–Trinajstić information content (AvgIpc) is 2.27. The molecule has 0 radical (unpaired) electrons. The summed E-state index contributed by atoms with van der Waals surface area (Å²) in [5.74, 6) is 1.25. The Balaban J connectivity index is 2.83. The molecule has 0 aromatic carbocycles. The zero-order valence-corrected chi connectivity index (χ0v) is 12.2. The van der Waals surface area contributed by atoms with E-state index >= 15 is 0 Å². The molecule has 0 saturated carbocycles. The molecule has 1 unspecified atom stereocenters. The summed E-state index contributed by atoms with van der Waals surface area (Å²) in [5, 5.41) is 9.47. The fraction of sp³-hybridized carbons (Fsp3) is 0.667. The molecule has 0 amide bonds. The summed E-state index contributed by atoms with van der Waals surface area (Å²) in [6.45, 7) is 12.7. The Bertz CT molecular complexity index is 334. The quantitative estimate of drug-likeness (QED) is 0.842. The van der Waals surface area contributed by atoms with Crippen molar-refractivity contribution < 1.29 is 5.11 Å². The van der Waals surface area contributed by atoms with Gasteiger partial charge in [0, 0.05) is 13.1 Å². The zero-order chi connectivity index (χ0) is 13.7. The van der Waals surface area contributed by atoms with Crippen molar-refractivity contribution in [3.8, 4) is 0 Å². The van der Waals surface area contributed by atoms with E-state index in [0.717, 1.165) is 24.5 Å². The van der Waals surface area contributed by atoms with Crippen LogP contribution in [0.4, 0.5) is 5.69 Å². The zero-order valence-electron chi connectivity index (χ0n) is 12.2. The Morgan fingerprint density at radius 2 is 1.61 bits per heavy atom. The third kappa shape index (κ3) is 4.65. The SMILES string of the molecule is CC(C)CN(CC(C)C)c1ccc(C(C)O)nc1. The second-order valence-electron chi connectivity index (χ2n) is 5.81. The molecule has 1 rings (SSSR count). The van der Waals surface area contributed by atoms with Gasteiger partial charge in [-0.25, -0.2) is 0 Å². The summed E-state index contributed by atoms with van der Waals surface area (Å²) in [6.07, 6.45) is 1.37. The molecule has 3 heteroatoms. The van der Waals surface area contributed by atoms with Crippen LogP contribution in [-0.2, 0) is 0 Å². The lowest BCUT2D eigenvalue weighted by atomic mass is 10.1. The van der Waals surface area contributed by atoms with Gasteiger partial charge in [0.2, 0.25) is 0 Å². The fourth-order valence-electron chi connectivity index (χ4n) is 2.00. The fourth-order valence-corrected chi connectivity index (χ4v) is 2.00. The van der Waals surface area contributed by atoms with Crippen LogP contribution >= 0.6 is 0 Å². The Morgan fingerprint density at radius 1 is 1.06 bits per heavy atom. The van der Waals surface area contributed by atoms with E-state index in [1.807, 2.05) is 12.3 Å². The molecule has 1 aromatic heterocycles. The first-order valence-corrected chi connectivity index (χ1v) is 6.79. The van der Waals surface area contributed by atoms with Gasteiger partial charge in [-0.05, 0) is 30.9 Å². The van der Waals surface area contributed by atoms with E-state index in [1.165, 1.54) is 0 Å². The van der Waals surface area contributed by atoms with Gasteiger partial charge in [0.05, 0.1) is 23.7 Å². The van der Waals surface area contributed by atoms with Crippen LogP contribution in [0.25, 0.3) is 0 Å². The lowest BCUT2D eigenvalue weighted by molar-refractivity contribution is 0.194. The molecule has 3 nitrogen and oxygen atoms in total. The Hall–Kier alpha value is -1.09. The molecule has 0 fully saturated rings. The van der Waals surface area contributed by atoms with Gasteiger partial charge in [-0.15, -0.1) is 0 Å². The van der Waals surface area contributed by atoms with Crippen LogP contribution in [0, 0.1) is 11.8 Å². The highest BCUT2D eigenvalue weighted by atomic mass is 16.3. The second kappa shape index (κ2) is 6.74. The van der Waals surface area contributed by atoms with Crippen LogP contribution in [0.5, 0.6) is 0 Å². The van der Waals surface area contributed by atoms with E-state index in [1.54, 1.807) is 6.92 Å². The first kappa shape index (κ1) is 15.0. The molecular weight excluding hydrogens is 224 g/mol. The van der Waals surface area contributed by atoms with Crippen LogP contribution in [-0.4, -0.2) is 23.2 Å². The van der Waals surface area contributed by atoms with Crippen LogP contribution in [0.15, 0.2) is 18.3 Å². The van der Waals surface area contributed by atoms with Crippen LogP contribution in [0.3, 0.4) is 0 Å². The van der Waals surface area contributed by atoms with Gasteiger partial charge in [0.15, 0.2) is 0 Å². The van der Waals surface area contributed by atoms with Gasteiger partial charge in [-0.1, -0.05) is 27.7 Å². The summed E-state index contributed by atoms with van der Waals surface area (Å²) in [7, 11) is 0. The number of pyridine rings is 1. The van der Waals surface area contributed by atoms with Crippen molar-refractivity contribution in [3.05, 3.63) is 24.0 Å². The van der Waals surface area contributed by atoms with Crippen LogP contribution < -0.4 is 4.90 Å². The Labute approximate surface area is 111 Å². The van der Waals surface area contributed by atoms with Gasteiger partial charge in [-0.3, -0.25) is 4.98 Å². The molecule has 0 saturated heterocycles. The minimum atomic E-state index is -0.498. The van der Waals surface area contributed by atoms with Crippen molar-refractivity contribution in [3.63, 3.8) is 0 Å². The molecule has 0 aliphatic rings. The minimum absolute atomic E-state index is 0.498. The number of rotatable bonds is 6. The number of aliphatic hydroxyl groups is 1. The van der Waals surface area contributed by atoms with Crippen LogP contribution in [0.1, 0.15) is 46.4 Å². The average molecular weight is 250 g/mol. The van der Waals surface area contributed by atoms with Crippen molar-refractivity contribution in [1.82, 2.24) is 4.98 Å². The predicted octanol–water partition coefficient (Wildman–Crippen LogP) is 3.25. The number of aromatic nitrogens is 1. The number of anilines is 1. The smallest absolute Gasteiger partial charge is 0.0931 e. The third-order valence-electron chi connectivity index (χ3n) is 2.74. The maximum Gasteiger partial charge on any atom is 0.0931 e. The van der Waals surface area contributed by atoms with Gasteiger partial charge in [0.25, 0.3) is 0 Å². The second-order valence-corrected chi connectivity index (χ2v) is 5.81. The number of hydrogen-bond acceptors (Lipinski definition) is 3. The number of nitrogens with zero attached hydrogens (tertiary/aromatic N) is 2. The van der Waals surface area contributed by atoms with Gasteiger partial charge in [0.1, 0.15) is 0 Å². The molecule has 1 N–H and O–H groups in total. The van der Waals surface area contributed by atoms with Gasteiger partial charge < -0.3 is 10.0 Å². The molecule has 1 aromatic rings. The Morgan fingerprint density at radius 3 is 1.94 bits per heavy atom. The molecule has 0 bridgehead atoms. The van der Waals surface area contributed by atoms with E-state index in [4.69, 9.17) is 0 Å². The van der Waals surface area contributed by atoms with Crippen LogP contribution in [0.2, 0.25) is 0 Å². The molecule has 102 valence electrons. The lowest BCUT2D eigenvalue weighted by Crippen LogP contribution is -2.31. The normalized spacial score (nSPS) is 13.1. The summed E-state index contributed by atoms with van der Waals surface area (Å²) < 4.78 is 0. The predicted molar refractivity (Wildman–Crippen MR) is 76.8 cm³/mol. The van der Waals surface area contributed by atoms with Crippen molar-refractivity contribution in [1.29, 1.82) is 0 Å². The number of hydrogen-bond donors (Lipinski definition) is 1. The summed E-state index contributed by atoms with van der Waals surface area (Å²) in [4.78, 5) is 6.69. The largest absolute Gasteiger partial charge is 0.387 e. The highest BCUT2D eigenvalue weighted by Gasteiger charge is 2.11. The highest BCUT2D eigenvalue weighted by Crippen LogP contribution is 2.18. The van der Waals surface area contributed by atoms with Crippen molar-refractivity contribution >= 4 is 5.69 Å². The third-order valence-corrected chi connectivity index (χ3v) is 2.74. The first-order valence-electron chi connectivity index (χ1n) is 6.79. The Kier molecular flexibility index (Phi) is 5.60. The van der Waals surface area contributed by atoms with Crippen molar-refractivity contribution in [2.45, 2.75) is 40.7 Å². The maximum absolute atomic E-state index is 9.47. The van der Waals surface area contributed by atoms with Crippen molar-refractivity contribution in [2.24, 2.45) is 11.8 Å². The number of aliphatic hydroxyl groups excluding tert-OH is 1. The molecule has 0 aliphatic heterocycles. The molecular formula is C15H26N2O. The monoisotopic (exact) mass is 250 g/mol. The maximum atomic E-state index is 9.47. The van der Waals surface area contributed by atoms with Crippen molar-refractivity contribution in [2.75, 3.05) is 18.0 Å². The lowest BCUT2D eigenvalue weighted by Gasteiger charge is -2.28. The molecule has 1 atom stereocenters. The van der Waals surface area contributed by atoms with Gasteiger partial charge >= 0.3 is 0 Å².